The van der Waals surface area contributed by atoms with Crippen molar-refractivity contribution >= 4 is 11.9 Å². The van der Waals surface area contributed by atoms with E-state index in [2.05, 4.69) is 4.74 Å². The summed E-state index contributed by atoms with van der Waals surface area (Å²) in [7, 11) is 0. The Balaban J connectivity index is -0.0000000606. The van der Waals surface area contributed by atoms with Gasteiger partial charge in [-0.15, -0.1) is 0 Å². The number of hydrogen-bond donors (Lipinski definition) is 2. The molecule has 0 fully saturated rings. The Labute approximate surface area is 90.2 Å². The third-order valence-electron chi connectivity index (χ3n) is 0.571. The monoisotopic (exact) mass is 226 g/mol. The molecule has 0 radical (unpaired) electrons. The van der Waals surface area contributed by atoms with Crippen LogP contribution >= 0.6 is 0 Å². The van der Waals surface area contributed by atoms with Crippen molar-refractivity contribution in [3.8, 4) is 0 Å². The van der Waals surface area contributed by atoms with Crippen LogP contribution in [-0.4, -0.2) is 40.8 Å². The normalized spacial score (nSPS) is 6.73. The number of aliphatic hydroxyl groups excluding tert-OH is 1. The fraction of sp³-hybridized carbons (Fsp3) is 0.778. The average Bonchev–Trinajstić information content (AvgIpc) is 2.03. The molecule has 0 aromatic carbocycles. The first-order valence-electron chi connectivity index (χ1n) is 4.36. The molecule has 0 aliphatic carbocycles. The number of carbonyl (C=O) groups is 2. The number of aliphatic hydroxyl groups is 1. The van der Waals surface area contributed by atoms with E-state index in [1.807, 2.05) is 6.92 Å². The average molecular weight is 226 g/mol. The van der Waals surface area contributed by atoms with Crippen molar-refractivity contribution in [3.63, 3.8) is 0 Å². The maximum absolute atomic E-state index is 9.82. The van der Waals surface area contributed by atoms with Gasteiger partial charge in [-0.25, -0.2) is 0 Å². The number of hydrogen-bond acceptors (Lipinski definition) is 4. The van der Waals surface area contributed by atoms with Gasteiger partial charge in [0.2, 0.25) is 0 Å². The van der Waals surface area contributed by atoms with E-state index in [0.29, 0.717) is 13.2 Å². The Morgan fingerprint density at radius 2 is 1.47 bits per heavy atom. The Kier molecular flexibility index (Phi) is 36.2. The molecular formula is C9H22O6. The molecule has 15 heavy (non-hydrogen) atoms. The van der Waals surface area contributed by atoms with E-state index >= 15 is 0 Å². The molecule has 0 bridgehead atoms. The number of rotatable bonds is 2. The van der Waals surface area contributed by atoms with E-state index in [-0.39, 0.29) is 11.4 Å². The van der Waals surface area contributed by atoms with Crippen molar-refractivity contribution < 1.29 is 30.0 Å². The first-order valence-corrected chi connectivity index (χ1v) is 4.36. The van der Waals surface area contributed by atoms with Gasteiger partial charge in [0.1, 0.15) is 0 Å². The maximum atomic E-state index is 9.82. The minimum Gasteiger partial charge on any atom is -0.481 e. The smallest absolute Gasteiger partial charge is 0.302 e. The molecule has 0 heterocycles. The van der Waals surface area contributed by atoms with Crippen LogP contribution in [0, 0.1) is 0 Å². The molecule has 0 atom stereocenters. The zero-order valence-corrected chi connectivity index (χ0v) is 9.74. The van der Waals surface area contributed by atoms with Crippen LogP contribution in [0.3, 0.4) is 0 Å². The van der Waals surface area contributed by atoms with Crippen LogP contribution in [0.1, 0.15) is 34.1 Å². The highest BCUT2D eigenvalue weighted by Gasteiger charge is 1.81. The number of ether oxygens (including phenoxy) is 1. The van der Waals surface area contributed by atoms with Gasteiger partial charge in [-0.05, 0) is 13.3 Å². The van der Waals surface area contributed by atoms with Crippen LogP contribution in [0.5, 0.6) is 0 Å². The van der Waals surface area contributed by atoms with Crippen molar-refractivity contribution in [2.45, 2.75) is 34.1 Å². The second-order valence-corrected chi connectivity index (χ2v) is 2.17. The molecule has 0 aliphatic heterocycles. The number of aliphatic carboxylic acids is 1. The van der Waals surface area contributed by atoms with Crippen molar-refractivity contribution in [3.05, 3.63) is 0 Å². The molecule has 0 saturated heterocycles. The largest absolute Gasteiger partial charge is 0.481 e. The molecule has 6 nitrogen and oxygen atoms in total. The Bertz CT molecular complexity index is 129. The summed E-state index contributed by atoms with van der Waals surface area (Å²) in [5, 5.41) is 15.3. The summed E-state index contributed by atoms with van der Waals surface area (Å²) < 4.78 is 4.40. The standard InChI is InChI=1S/C4H8O2.C3H8O.C2H4O2.H2O/c1-3-6-4(2)5;1-2-3-4;1-2(3)4;/h3H2,1-2H3;4H,2-3H2,1H3;1H3,(H,3,4);1H2. The van der Waals surface area contributed by atoms with Crippen LogP contribution in [0.15, 0.2) is 0 Å². The second-order valence-electron chi connectivity index (χ2n) is 2.17. The number of carboxylic acids is 1. The lowest BCUT2D eigenvalue weighted by molar-refractivity contribution is -0.140. The van der Waals surface area contributed by atoms with E-state index < -0.39 is 5.97 Å². The summed E-state index contributed by atoms with van der Waals surface area (Å²) in [6, 6.07) is 0. The van der Waals surface area contributed by atoms with Gasteiger partial charge in [-0.2, -0.15) is 0 Å². The Morgan fingerprint density at radius 1 is 1.20 bits per heavy atom. The van der Waals surface area contributed by atoms with Gasteiger partial charge in [0.05, 0.1) is 6.61 Å². The third kappa shape index (κ3) is 185. The van der Waals surface area contributed by atoms with Gasteiger partial charge in [0, 0.05) is 20.5 Å². The van der Waals surface area contributed by atoms with Gasteiger partial charge in [0.25, 0.3) is 5.97 Å². The molecule has 0 aliphatic rings. The molecule has 0 unspecified atom stereocenters. The van der Waals surface area contributed by atoms with E-state index in [1.54, 1.807) is 6.92 Å². The number of carboxylic acid groups (broad SMARTS) is 1. The van der Waals surface area contributed by atoms with E-state index in [9.17, 15) is 4.79 Å². The predicted octanol–water partition coefficient (Wildman–Crippen LogP) is 0.224. The molecule has 0 spiro atoms. The molecule has 0 aromatic heterocycles. The fourth-order valence-corrected chi connectivity index (χ4v) is 0.203. The number of esters is 1. The molecule has 4 N–H and O–H groups in total. The lowest BCUT2D eigenvalue weighted by Gasteiger charge is -1.89. The molecule has 0 rings (SSSR count). The minimum absolute atomic E-state index is 0. The fourth-order valence-electron chi connectivity index (χ4n) is 0.203. The molecule has 0 aromatic rings. The zero-order valence-electron chi connectivity index (χ0n) is 9.74. The molecule has 6 heteroatoms. The third-order valence-corrected chi connectivity index (χ3v) is 0.571. The van der Waals surface area contributed by atoms with Crippen LogP contribution in [0.4, 0.5) is 0 Å². The summed E-state index contributed by atoms with van der Waals surface area (Å²) >= 11 is 0. The lowest BCUT2D eigenvalue weighted by atomic mass is 10.5. The van der Waals surface area contributed by atoms with Crippen LogP contribution in [0.25, 0.3) is 0 Å². The van der Waals surface area contributed by atoms with Gasteiger partial charge in [-0.3, -0.25) is 9.59 Å². The molecule has 0 saturated carbocycles. The predicted molar refractivity (Wildman–Crippen MR) is 56.6 cm³/mol. The Morgan fingerprint density at radius 3 is 1.47 bits per heavy atom. The summed E-state index contributed by atoms with van der Waals surface area (Å²) in [5.74, 6) is -1.04. The topological polar surface area (TPSA) is 115 Å². The van der Waals surface area contributed by atoms with Crippen LogP contribution in [-0.2, 0) is 14.3 Å². The van der Waals surface area contributed by atoms with Gasteiger partial charge in [-0.1, -0.05) is 6.92 Å². The molecular weight excluding hydrogens is 204 g/mol. The minimum atomic E-state index is -0.833. The van der Waals surface area contributed by atoms with Gasteiger partial charge < -0.3 is 20.4 Å². The first-order chi connectivity index (χ1) is 6.42. The second kappa shape index (κ2) is 23.0. The first kappa shape index (κ1) is 23.6. The molecule has 94 valence electrons. The highest BCUT2D eigenvalue weighted by atomic mass is 16.5. The van der Waals surface area contributed by atoms with E-state index in [4.69, 9.17) is 15.0 Å². The van der Waals surface area contributed by atoms with E-state index in [0.717, 1.165) is 13.3 Å². The summed E-state index contributed by atoms with van der Waals surface area (Å²) in [4.78, 5) is 18.8. The lowest BCUT2D eigenvalue weighted by Crippen LogP contribution is -1.95. The highest BCUT2D eigenvalue weighted by molar-refractivity contribution is 5.65. The van der Waals surface area contributed by atoms with Crippen molar-refractivity contribution in [2.24, 2.45) is 0 Å². The quantitative estimate of drug-likeness (QED) is 0.653. The molecule has 0 amide bonds. The van der Waals surface area contributed by atoms with E-state index in [1.165, 1.54) is 6.92 Å². The summed E-state index contributed by atoms with van der Waals surface area (Å²) in [6.45, 7) is 6.99. The summed E-state index contributed by atoms with van der Waals surface area (Å²) in [5.41, 5.74) is 0. The van der Waals surface area contributed by atoms with Crippen molar-refractivity contribution in [1.82, 2.24) is 0 Å². The summed E-state index contributed by atoms with van der Waals surface area (Å²) in [6.07, 6.45) is 0.875. The van der Waals surface area contributed by atoms with Gasteiger partial charge in [0.15, 0.2) is 0 Å². The number of carbonyl (C=O) groups excluding carboxylic acids is 1. The van der Waals surface area contributed by atoms with Crippen LogP contribution in [0.2, 0.25) is 0 Å². The van der Waals surface area contributed by atoms with Crippen molar-refractivity contribution in [2.75, 3.05) is 13.2 Å². The zero-order chi connectivity index (χ0) is 12.0. The highest BCUT2D eigenvalue weighted by Crippen LogP contribution is 1.69. The van der Waals surface area contributed by atoms with Gasteiger partial charge >= 0.3 is 5.97 Å². The maximum Gasteiger partial charge on any atom is 0.302 e. The van der Waals surface area contributed by atoms with Crippen LogP contribution < -0.4 is 0 Å². The SMILES string of the molecule is CC(=O)O.CCCO.CCOC(C)=O.O. The Hall–Kier alpha value is -1.14. The van der Waals surface area contributed by atoms with Crippen molar-refractivity contribution in [1.29, 1.82) is 0 Å².